The molecule has 0 saturated heterocycles. The van der Waals surface area contributed by atoms with Crippen molar-refractivity contribution >= 4 is 0 Å². The zero-order chi connectivity index (χ0) is 10.7. The van der Waals surface area contributed by atoms with Gasteiger partial charge in [-0.3, -0.25) is 4.98 Å². The summed E-state index contributed by atoms with van der Waals surface area (Å²) >= 11 is 0. The molecule has 0 N–H and O–H groups in total. The summed E-state index contributed by atoms with van der Waals surface area (Å²) in [5.41, 5.74) is 0.749. The Bertz CT molecular complexity index is 364. The van der Waals surface area contributed by atoms with E-state index in [-0.39, 0.29) is 11.5 Å². The Morgan fingerprint density at radius 1 is 1.43 bits per heavy atom. The zero-order valence-corrected chi connectivity index (χ0v) is 8.09. The summed E-state index contributed by atoms with van der Waals surface area (Å²) in [5.74, 6) is 2.27. The van der Waals surface area contributed by atoms with E-state index in [9.17, 15) is 8.78 Å². The Morgan fingerprint density at radius 2 is 2.07 bits per heavy atom. The molecule has 0 aliphatic carbocycles. The molecule has 3 heteroatoms. The number of rotatable bonds is 2. The van der Waals surface area contributed by atoms with Crippen LogP contribution in [0.1, 0.15) is 43.0 Å². The summed E-state index contributed by atoms with van der Waals surface area (Å²) in [6.07, 6.45) is 4.04. The Kier molecular flexibility index (Phi) is 3.19. The van der Waals surface area contributed by atoms with Crippen molar-refractivity contribution in [2.75, 3.05) is 0 Å². The molecule has 0 amide bonds. The molecule has 1 aromatic rings. The van der Waals surface area contributed by atoms with Gasteiger partial charge in [-0.25, -0.2) is 8.78 Å². The van der Waals surface area contributed by atoms with Gasteiger partial charge in [0.05, 0.1) is 5.69 Å². The van der Waals surface area contributed by atoms with E-state index in [0.29, 0.717) is 11.3 Å². The second-order valence-corrected chi connectivity index (χ2v) is 3.30. The fourth-order valence-corrected chi connectivity index (χ4v) is 1.23. The van der Waals surface area contributed by atoms with E-state index in [2.05, 4.69) is 10.9 Å². The van der Waals surface area contributed by atoms with Gasteiger partial charge in [-0.05, 0) is 12.0 Å². The van der Waals surface area contributed by atoms with Crippen molar-refractivity contribution in [3.63, 3.8) is 0 Å². The van der Waals surface area contributed by atoms with Crippen LogP contribution in [0.3, 0.4) is 0 Å². The van der Waals surface area contributed by atoms with Crippen molar-refractivity contribution in [1.29, 1.82) is 0 Å². The SMILES string of the molecule is C#Cc1cnc(C(C)C)c(C(F)F)c1. The van der Waals surface area contributed by atoms with E-state index < -0.39 is 6.43 Å². The van der Waals surface area contributed by atoms with Crippen molar-refractivity contribution in [1.82, 2.24) is 4.98 Å². The van der Waals surface area contributed by atoms with E-state index in [1.807, 2.05) is 13.8 Å². The van der Waals surface area contributed by atoms with Crippen LogP contribution in [0.15, 0.2) is 12.3 Å². The van der Waals surface area contributed by atoms with Crippen molar-refractivity contribution in [3.05, 3.63) is 29.1 Å². The Balaban J connectivity index is 3.26. The minimum absolute atomic E-state index is 0.0224. The first-order valence-corrected chi connectivity index (χ1v) is 4.30. The summed E-state index contributed by atoms with van der Waals surface area (Å²) in [7, 11) is 0. The van der Waals surface area contributed by atoms with Crippen molar-refractivity contribution in [2.24, 2.45) is 0 Å². The summed E-state index contributed by atoms with van der Waals surface area (Å²) in [4.78, 5) is 3.95. The van der Waals surface area contributed by atoms with Crippen LogP contribution in [0.2, 0.25) is 0 Å². The van der Waals surface area contributed by atoms with Gasteiger partial charge in [0.2, 0.25) is 0 Å². The highest BCUT2D eigenvalue weighted by Gasteiger charge is 2.16. The maximum atomic E-state index is 12.6. The number of halogens is 2. The molecule has 0 aromatic carbocycles. The number of alkyl halides is 2. The van der Waals surface area contributed by atoms with Gasteiger partial charge in [0.1, 0.15) is 0 Å². The van der Waals surface area contributed by atoms with Crippen LogP contribution in [-0.2, 0) is 0 Å². The van der Waals surface area contributed by atoms with Crippen LogP contribution in [0.4, 0.5) is 8.78 Å². The highest BCUT2D eigenvalue weighted by atomic mass is 19.3. The number of terminal acetylenes is 1. The molecule has 14 heavy (non-hydrogen) atoms. The van der Waals surface area contributed by atoms with Gasteiger partial charge >= 0.3 is 0 Å². The lowest BCUT2D eigenvalue weighted by atomic mass is 10.0. The summed E-state index contributed by atoms with van der Waals surface area (Å²) in [6, 6.07) is 1.33. The molecule has 0 radical (unpaired) electrons. The Hall–Kier alpha value is -1.43. The lowest BCUT2D eigenvalue weighted by Gasteiger charge is -2.10. The lowest BCUT2D eigenvalue weighted by molar-refractivity contribution is 0.149. The third-order valence-electron chi connectivity index (χ3n) is 1.90. The van der Waals surface area contributed by atoms with Gasteiger partial charge in [-0.1, -0.05) is 19.8 Å². The minimum atomic E-state index is -2.52. The molecular weight excluding hydrogens is 184 g/mol. The summed E-state index contributed by atoms with van der Waals surface area (Å²) < 4.78 is 25.2. The average Bonchev–Trinajstić information content (AvgIpc) is 2.16. The van der Waals surface area contributed by atoms with Gasteiger partial charge < -0.3 is 0 Å². The molecule has 1 aromatic heterocycles. The molecule has 0 fully saturated rings. The Morgan fingerprint density at radius 3 is 2.50 bits per heavy atom. The normalized spacial score (nSPS) is 10.6. The quantitative estimate of drug-likeness (QED) is 0.661. The van der Waals surface area contributed by atoms with E-state index >= 15 is 0 Å². The first kappa shape index (κ1) is 10.6. The molecule has 0 spiro atoms. The molecule has 1 rings (SSSR count). The van der Waals surface area contributed by atoms with Gasteiger partial charge in [0.15, 0.2) is 0 Å². The molecule has 0 aliphatic heterocycles. The molecule has 0 atom stereocenters. The standard InChI is InChI=1S/C11H11F2N/c1-4-8-5-9(11(12)13)10(7(2)3)14-6-8/h1,5-7,11H,2-3H3. The minimum Gasteiger partial charge on any atom is -0.259 e. The Labute approximate surface area is 82.2 Å². The van der Waals surface area contributed by atoms with Gasteiger partial charge in [0.25, 0.3) is 6.43 Å². The maximum absolute atomic E-state index is 12.6. The summed E-state index contributed by atoms with van der Waals surface area (Å²) in [5, 5.41) is 0. The molecule has 0 unspecified atom stereocenters. The third kappa shape index (κ3) is 2.08. The van der Waals surface area contributed by atoms with Crippen LogP contribution in [-0.4, -0.2) is 4.98 Å². The largest absolute Gasteiger partial charge is 0.265 e. The summed E-state index contributed by atoms with van der Waals surface area (Å²) in [6.45, 7) is 3.65. The van der Waals surface area contributed by atoms with Crippen LogP contribution in [0.5, 0.6) is 0 Å². The molecule has 74 valence electrons. The topological polar surface area (TPSA) is 12.9 Å². The van der Waals surface area contributed by atoms with E-state index in [0.717, 1.165) is 0 Å². The smallest absolute Gasteiger partial charge is 0.259 e. The lowest BCUT2D eigenvalue weighted by Crippen LogP contribution is -2.01. The number of aromatic nitrogens is 1. The predicted molar refractivity (Wildman–Crippen MR) is 51.2 cm³/mol. The van der Waals surface area contributed by atoms with Crippen LogP contribution < -0.4 is 0 Å². The van der Waals surface area contributed by atoms with E-state index in [1.165, 1.54) is 12.3 Å². The van der Waals surface area contributed by atoms with Crippen molar-refractivity contribution in [3.8, 4) is 12.3 Å². The van der Waals surface area contributed by atoms with Gasteiger partial charge in [-0.2, -0.15) is 0 Å². The highest BCUT2D eigenvalue weighted by molar-refractivity contribution is 5.36. The average molecular weight is 195 g/mol. The third-order valence-corrected chi connectivity index (χ3v) is 1.90. The van der Waals surface area contributed by atoms with Crippen LogP contribution >= 0.6 is 0 Å². The second kappa shape index (κ2) is 4.19. The number of hydrogen-bond donors (Lipinski definition) is 0. The molecule has 0 aliphatic rings. The highest BCUT2D eigenvalue weighted by Crippen LogP contribution is 2.27. The number of pyridine rings is 1. The first-order valence-electron chi connectivity index (χ1n) is 4.30. The molecule has 0 saturated carbocycles. The fraction of sp³-hybridized carbons (Fsp3) is 0.364. The zero-order valence-electron chi connectivity index (χ0n) is 8.09. The van der Waals surface area contributed by atoms with Gasteiger partial charge in [0, 0.05) is 17.3 Å². The molecular formula is C11H11F2N. The molecule has 1 nitrogen and oxygen atoms in total. The van der Waals surface area contributed by atoms with E-state index in [4.69, 9.17) is 6.42 Å². The van der Waals surface area contributed by atoms with Crippen LogP contribution in [0, 0.1) is 12.3 Å². The predicted octanol–water partition coefficient (Wildman–Crippen LogP) is 3.12. The maximum Gasteiger partial charge on any atom is 0.265 e. The van der Waals surface area contributed by atoms with Gasteiger partial charge in [-0.15, -0.1) is 6.42 Å². The second-order valence-electron chi connectivity index (χ2n) is 3.30. The van der Waals surface area contributed by atoms with Crippen molar-refractivity contribution in [2.45, 2.75) is 26.2 Å². The fourth-order valence-electron chi connectivity index (χ4n) is 1.23. The van der Waals surface area contributed by atoms with E-state index in [1.54, 1.807) is 0 Å². The number of nitrogens with zero attached hydrogens (tertiary/aromatic N) is 1. The first-order chi connectivity index (χ1) is 6.56. The van der Waals surface area contributed by atoms with Crippen molar-refractivity contribution < 1.29 is 8.78 Å². The molecule has 0 bridgehead atoms. The monoisotopic (exact) mass is 195 g/mol. The molecule has 1 heterocycles. The van der Waals surface area contributed by atoms with Crippen LogP contribution in [0.25, 0.3) is 0 Å². The number of hydrogen-bond acceptors (Lipinski definition) is 1.